The van der Waals surface area contributed by atoms with Gasteiger partial charge in [0.05, 0.1) is 5.92 Å². The molecule has 0 aliphatic carbocycles. The summed E-state index contributed by atoms with van der Waals surface area (Å²) in [7, 11) is 0. The van der Waals surface area contributed by atoms with Gasteiger partial charge in [-0.1, -0.05) is 18.5 Å². The quantitative estimate of drug-likeness (QED) is 0.785. The molecule has 1 aromatic rings. The molecule has 4 heteroatoms. The topological polar surface area (TPSA) is 42.2 Å². The number of hydrogen-bond acceptors (Lipinski definition) is 1. The van der Waals surface area contributed by atoms with E-state index in [0.29, 0.717) is 11.7 Å². The zero-order chi connectivity index (χ0) is 9.14. The Morgan fingerprint density at radius 2 is 2.50 bits per heavy atom. The highest BCUT2D eigenvalue weighted by Crippen LogP contribution is 2.11. The maximum Gasteiger partial charge on any atom is 0.308 e. The highest BCUT2D eigenvalue weighted by Gasteiger charge is 2.11. The smallest absolute Gasteiger partial charge is 0.308 e. The number of carboxylic acid groups (broad SMARTS) is 1. The number of nitrogens with zero attached hydrogens (tertiary/aromatic N) is 1. The molecule has 0 bridgehead atoms. The van der Waals surface area contributed by atoms with Gasteiger partial charge in [-0.2, -0.15) is 0 Å². The molecule has 0 saturated heterocycles. The van der Waals surface area contributed by atoms with E-state index < -0.39 is 11.9 Å². The molecule has 0 aromatic carbocycles. The lowest BCUT2D eigenvalue weighted by molar-refractivity contribution is -0.141. The van der Waals surface area contributed by atoms with E-state index >= 15 is 0 Å². The zero-order valence-corrected chi connectivity index (χ0v) is 7.45. The fourth-order valence-corrected chi connectivity index (χ4v) is 1.11. The number of rotatable bonds is 3. The van der Waals surface area contributed by atoms with Gasteiger partial charge in [0.15, 0.2) is 0 Å². The second-order valence-corrected chi connectivity index (χ2v) is 3.11. The maximum absolute atomic E-state index is 10.5. The largest absolute Gasteiger partial charge is 0.481 e. The van der Waals surface area contributed by atoms with Crippen molar-refractivity contribution < 1.29 is 9.90 Å². The van der Waals surface area contributed by atoms with Crippen LogP contribution in [0.15, 0.2) is 18.3 Å². The van der Waals surface area contributed by atoms with Crippen LogP contribution < -0.4 is 0 Å². The zero-order valence-electron chi connectivity index (χ0n) is 6.70. The molecule has 1 N–H and O–H groups in total. The monoisotopic (exact) mass is 187 g/mol. The third kappa shape index (κ3) is 2.01. The minimum atomic E-state index is -0.806. The third-order valence-electron chi connectivity index (χ3n) is 1.67. The van der Waals surface area contributed by atoms with Crippen molar-refractivity contribution in [2.75, 3.05) is 0 Å². The molecule has 0 spiro atoms. The number of carbonyl (C=O) groups is 1. The Hall–Kier alpha value is -0.960. The Morgan fingerprint density at radius 3 is 2.92 bits per heavy atom. The van der Waals surface area contributed by atoms with Crippen LogP contribution in [0, 0.1) is 5.92 Å². The van der Waals surface area contributed by atoms with Gasteiger partial charge in [-0.25, -0.2) is 0 Å². The summed E-state index contributed by atoms with van der Waals surface area (Å²) in [5.41, 5.74) is 0. The van der Waals surface area contributed by atoms with Crippen molar-refractivity contribution in [1.82, 2.24) is 4.57 Å². The summed E-state index contributed by atoms with van der Waals surface area (Å²) in [4.78, 5) is 10.5. The Kier molecular flexibility index (Phi) is 2.76. The van der Waals surface area contributed by atoms with Crippen molar-refractivity contribution in [2.24, 2.45) is 5.92 Å². The number of carboxylic acids is 1. The first-order chi connectivity index (χ1) is 5.61. The molecule has 0 aliphatic rings. The van der Waals surface area contributed by atoms with Crippen LogP contribution >= 0.6 is 11.6 Å². The van der Waals surface area contributed by atoms with Crippen molar-refractivity contribution in [3.8, 4) is 0 Å². The second-order valence-electron chi connectivity index (χ2n) is 2.72. The van der Waals surface area contributed by atoms with Gasteiger partial charge in [0.1, 0.15) is 5.15 Å². The van der Waals surface area contributed by atoms with Crippen molar-refractivity contribution in [3.05, 3.63) is 23.5 Å². The highest BCUT2D eigenvalue weighted by atomic mass is 35.5. The van der Waals surface area contributed by atoms with Gasteiger partial charge in [0.2, 0.25) is 0 Å². The van der Waals surface area contributed by atoms with E-state index in [1.54, 1.807) is 29.8 Å². The molecule has 0 saturated carbocycles. The van der Waals surface area contributed by atoms with Gasteiger partial charge in [0.25, 0.3) is 0 Å². The molecular formula is C8H10ClNO2. The van der Waals surface area contributed by atoms with Crippen molar-refractivity contribution in [1.29, 1.82) is 0 Å². The molecule has 0 radical (unpaired) electrons. The number of aliphatic carboxylic acids is 1. The van der Waals surface area contributed by atoms with Gasteiger partial charge in [-0.15, -0.1) is 0 Å². The SMILES string of the molecule is CC(Cn1cccc1Cl)C(=O)O. The molecule has 0 fully saturated rings. The van der Waals surface area contributed by atoms with Crippen LogP contribution in [0.25, 0.3) is 0 Å². The summed E-state index contributed by atoms with van der Waals surface area (Å²) in [6, 6.07) is 3.52. The molecule has 1 unspecified atom stereocenters. The molecule has 12 heavy (non-hydrogen) atoms. The van der Waals surface area contributed by atoms with Gasteiger partial charge in [0, 0.05) is 12.7 Å². The van der Waals surface area contributed by atoms with Gasteiger partial charge in [-0.05, 0) is 12.1 Å². The second kappa shape index (κ2) is 3.63. The molecule has 0 amide bonds. The maximum atomic E-state index is 10.5. The lowest BCUT2D eigenvalue weighted by atomic mass is 10.2. The molecule has 66 valence electrons. The lowest BCUT2D eigenvalue weighted by Crippen LogP contribution is -2.16. The first kappa shape index (κ1) is 9.13. The van der Waals surface area contributed by atoms with Gasteiger partial charge >= 0.3 is 5.97 Å². The third-order valence-corrected chi connectivity index (χ3v) is 2.01. The average Bonchev–Trinajstić information content (AvgIpc) is 2.36. The van der Waals surface area contributed by atoms with Crippen molar-refractivity contribution in [2.45, 2.75) is 13.5 Å². The number of halogens is 1. The van der Waals surface area contributed by atoms with E-state index in [1.165, 1.54) is 0 Å². The van der Waals surface area contributed by atoms with Crippen LogP contribution in [0.5, 0.6) is 0 Å². The normalized spacial score (nSPS) is 12.8. The van der Waals surface area contributed by atoms with E-state index in [1.807, 2.05) is 0 Å². The lowest BCUT2D eigenvalue weighted by Gasteiger charge is -2.07. The first-order valence-electron chi connectivity index (χ1n) is 3.64. The van der Waals surface area contributed by atoms with Crippen LogP contribution in [0.3, 0.4) is 0 Å². The molecule has 1 heterocycles. The van der Waals surface area contributed by atoms with E-state index in [0.717, 1.165) is 0 Å². The molecule has 3 nitrogen and oxygen atoms in total. The van der Waals surface area contributed by atoms with Gasteiger partial charge in [-0.3, -0.25) is 4.79 Å². The first-order valence-corrected chi connectivity index (χ1v) is 4.02. The van der Waals surface area contributed by atoms with E-state index in [9.17, 15) is 4.79 Å². The Labute approximate surface area is 75.6 Å². The predicted octanol–water partition coefficient (Wildman–Crippen LogP) is 1.86. The highest BCUT2D eigenvalue weighted by molar-refractivity contribution is 6.29. The van der Waals surface area contributed by atoms with Crippen molar-refractivity contribution >= 4 is 17.6 Å². The summed E-state index contributed by atoms with van der Waals surface area (Å²) in [6.07, 6.45) is 1.77. The van der Waals surface area contributed by atoms with Crippen LogP contribution in [0.2, 0.25) is 5.15 Å². The van der Waals surface area contributed by atoms with E-state index in [4.69, 9.17) is 16.7 Å². The molecule has 0 aliphatic heterocycles. The summed E-state index contributed by atoms with van der Waals surface area (Å²) >= 11 is 5.76. The van der Waals surface area contributed by atoms with E-state index in [2.05, 4.69) is 0 Å². The number of aromatic nitrogens is 1. The molecule has 1 atom stereocenters. The summed E-state index contributed by atoms with van der Waals surface area (Å²) in [6.45, 7) is 2.07. The van der Waals surface area contributed by atoms with Crippen LogP contribution in [-0.4, -0.2) is 15.6 Å². The summed E-state index contributed by atoms with van der Waals surface area (Å²) in [5, 5.41) is 9.19. The van der Waals surface area contributed by atoms with E-state index in [-0.39, 0.29) is 0 Å². The molecule has 1 rings (SSSR count). The number of hydrogen-bond donors (Lipinski definition) is 1. The summed E-state index contributed by atoms with van der Waals surface area (Å²) in [5.74, 6) is -1.21. The van der Waals surface area contributed by atoms with Crippen molar-refractivity contribution in [3.63, 3.8) is 0 Å². The minimum absolute atomic E-state index is 0.408. The molecular weight excluding hydrogens is 178 g/mol. The van der Waals surface area contributed by atoms with Crippen LogP contribution in [0.1, 0.15) is 6.92 Å². The fraction of sp³-hybridized carbons (Fsp3) is 0.375. The van der Waals surface area contributed by atoms with Crippen LogP contribution in [0.4, 0.5) is 0 Å². The minimum Gasteiger partial charge on any atom is -0.481 e. The standard InChI is InChI=1S/C8H10ClNO2/c1-6(8(11)12)5-10-4-2-3-7(10)9/h2-4,6H,5H2,1H3,(H,11,12). The average molecular weight is 188 g/mol. The Bertz CT molecular complexity index is 282. The Balaban J connectivity index is 2.64. The van der Waals surface area contributed by atoms with Crippen LogP contribution in [-0.2, 0) is 11.3 Å². The Morgan fingerprint density at radius 1 is 1.83 bits per heavy atom. The fourth-order valence-electron chi connectivity index (χ4n) is 0.914. The molecule has 1 aromatic heterocycles. The predicted molar refractivity (Wildman–Crippen MR) is 46.2 cm³/mol. The summed E-state index contributed by atoms with van der Waals surface area (Å²) < 4.78 is 1.71. The van der Waals surface area contributed by atoms with Gasteiger partial charge < -0.3 is 9.67 Å².